The van der Waals surface area contributed by atoms with E-state index in [4.69, 9.17) is 24.4 Å². The molecule has 0 radical (unpaired) electrons. The van der Waals surface area contributed by atoms with Crippen molar-refractivity contribution in [1.82, 2.24) is 10.2 Å². The van der Waals surface area contributed by atoms with Crippen molar-refractivity contribution in [1.29, 1.82) is 0 Å². The van der Waals surface area contributed by atoms with Gasteiger partial charge in [-0.15, -0.1) is 5.10 Å². The maximum atomic E-state index is 5.39. The van der Waals surface area contributed by atoms with Gasteiger partial charge < -0.3 is 24.4 Å². The second-order valence-corrected chi connectivity index (χ2v) is 3.36. The first-order valence-corrected chi connectivity index (χ1v) is 5.09. The topological polar surface area (TPSA) is 92.6 Å². The fourth-order valence-corrected chi connectivity index (χ4v) is 1.56. The van der Waals surface area contributed by atoms with Gasteiger partial charge in [-0.1, -0.05) is 5.10 Å². The van der Waals surface area contributed by atoms with E-state index in [0.717, 1.165) is 0 Å². The molecule has 1 heterocycles. The Balaban J connectivity index is 2.56. The van der Waals surface area contributed by atoms with Crippen LogP contribution in [0.4, 0.5) is 6.01 Å². The second kappa shape index (κ2) is 4.82. The Morgan fingerprint density at radius 1 is 1.00 bits per heavy atom. The Labute approximate surface area is 103 Å². The minimum Gasteiger partial charge on any atom is -0.493 e. The number of ether oxygens (including phenoxy) is 3. The smallest absolute Gasteiger partial charge is 0.313 e. The first-order valence-electron chi connectivity index (χ1n) is 5.09. The number of rotatable bonds is 4. The number of nitrogens with two attached hydrogens (primary N) is 1. The average Bonchev–Trinajstić information content (AvgIpc) is 2.83. The second-order valence-electron chi connectivity index (χ2n) is 3.36. The summed E-state index contributed by atoms with van der Waals surface area (Å²) < 4.78 is 20.8. The Morgan fingerprint density at radius 2 is 1.61 bits per heavy atom. The standard InChI is InChI=1S/C11H13N3O4/c1-15-7-4-6(10-13-14-11(12)18-10)5-8(16-2)9(7)17-3/h4-5H,1-3H3,(H2,12,14). The number of hydrogen-bond donors (Lipinski definition) is 1. The van der Waals surface area contributed by atoms with E-state index in [0.29, 0.717) is 22.8 Å². The van der Waals surface area contributed by atoms with Gasteiger partial charge in [0, 0.05) is 5.56 Å². The van der Waals surface area contributed by atoms with Crippen LogP contribution in [-0.4, -0.2) is 31.5 Å². The molecule has 7 heteroatoms. The maximum Gasteiger partial charge on any atom is 0.313 e. The molecule has 2 N–H and O–H groups in total. The number of nitrogens with zero attached hydrogens (tertiary/aromatic N) is 2. The van der Waals surface area contributed by atoms with Crippen LogP contribution in [0, 0.1) is 0 Å². The molecular weight excluding hydrogens is 238 g/mol. The van der Waals surface area contributed by atoms with Crippen molar-refractivity contribution in [3.63, 3.8) is 0 Å². The van der Waals surface area contributed by atoms with E-state index in [1.54, 1.807) is 12.1 Å². The van der Waals surface area contributed by atoms with Crippen molar-refractivity contribution < 1.29 is 18.6 Å². The lowest BCUT2D eigenvalue weighted by Crippen LogP contribution is -1.95. The highest BCUT2D eigenvalue weighted by Gasteiger charge is 2.16. The third-order valence-corrected chi connectivity index (χ3v) is 2.35. The third-order valence-electron chi connectivity index (χ3n) is 2.35. The molecule has 0 unspecified atom stereocenters. The molecule has 0 atom stereocenters. The highest BCUT2D eigenvalue weighted by molar-refractivity contribution is 5.65. The zero-order valence-electron chi connectivity index (χ0n) is 10.3. The summed E-state index contributed by atoms with van der Waals surface area (Å²) >= 11 is 0. The first kappa shape index (κ1) is 12.0. The van der Waals surface area contributed by atoms with Crippen LogP contribution in [0.15, 0.2) is 16.5 Å². The average molecular weight is 251 g/mol. The summed E-state index contributed by atoms with van der Waals surface area (Å²) in [6.07, 6.45) is 0. The molecular formula is C11H13N3O4. The Hall–Kier alpha value is -2.44. The van der Waals surface area contributed by atoms with E-state index in [1.807, 2.05) is 0 Å². The largest absolute Gasteiger partial charge is 0.493 e. The number of aromatic nitrogens is 2. The van der Waals surface area contributed by atoms with E-state index in [-0.39, 0.29) is 11.9 Å². The molecule has 0 aliphatic carbocycles. The molecule has 2 aromatic rings. The molecule has 0 saturated heterocycles. The van der Waals surface area contributed by atoms with Crippen molar-refractivity contribution in [2.45, 2.75) is 0 Å². The minimum absolute atomic E-state index is 0.00116. The van der Waals surface area contributed by atoms with E-state index in [1.165, 1.54) is 21.3 Å². The van der Waals surface area contributed by atoms with Crippen LogP contribution >= 0.6 is 0 Å². The summed E-state index contributed by atoms with van der Waals surface area (Å²) in [5, 5.41) is 7.39. The van der Waals surface area contributed by atoms with E-state index >= 15 is 0 Å². The third kappa shape index (κ3) is 2.02. The SMILES string of the molecule is COc1cc(-c2nnc(N)o2)cc(OC)c1OC. The van der Waals surface area contributed by atoms with Gasteiger partial charge in [0.2, 0.25) is 11.6 Å². The summed E-state index contributed by atoms with van der Waals surface area (Å²) in [7, 11) is 4.59. The summed E-state index contributed by atoms with van der Waals surface area (Å²) in [6.45, 7) is 0. The lowest BCUT2D eigenvalue weighted by atomic mass is 10.2. The van der Waals surface area contributed by atoms with Crippen molar-refractivity contribution in [2.75, 3.05) is 27.1 Å². The van der Waals surface area contributed by atoms with Crippen LogP contribution < -0.4 is 19.9 Å². The van der Waals surface area contributed by atoms with Crippen molar-refractivity contribution >= 4 is 6.01 Å². The van der Waals surface area contributed by atoms with Crippen LogP contribution in [0.25, 0.3) is 11.5 Å². The predicted molar refractivity (Wildman–Crippen MR) is 63.8 cm³/mol. The van der Waals surface area contributed by atoms with E-state index in [9.17, 15) is 0 Å². The van der Waals surface area contributed by atoms with Gasteiger partial charge in [-0.25, -0.2) is 0 Å². The van der Waals surface area contributed by atoms with E-state index < -0.39 is 0 Å². The van der Waals surface area contributed by atoms with Crippen LogP contribution in [0.5, 0.6) is 17.2 Å². The molecule has 0 fully saturated rings. The highest BCUT2D eigenvalue weighted by atomic mass is 16.5. The van der Waals surface area contributed by atoms with Crippen LogP contribution in [0.3, 0.4) is 0 Å². The van der Waals surface area contributed by atoms with Gasteiger partial charge in [0.1, 0.15) is 0 Å². The maximum absolute atomic E-state index is 5.39. The van der Waals surface area contributed by atoms with Gasteiger partial charge in [-0.3, -0.25) is 0 Å². The molecule has 0 aliphatic heterocycles. The molecule has 2 rings (SSSR count). The molecule has 0 amide bonds. The molecule has 0 saturated carbocycles. The first-order chi connectivity index (χ1) is 8.69. The lowest BCUT2D eigenvalue weighted by molar-refractivity contribution is 0.324. The van der Waals surface area contributed by atoms with Gasteiger partial charge in [-0.2, -0.15) is 0 Å². The molecule has 7 nitrogen and oxygen atoms in total. The van der Waals surface area contributed by atoms with Gasteiger partial charge in [0.25, 0.3) is 0 Å². The van der Waals surface area contributed by atoms with Crippen molar-refractivity contribution in [3.8, 4) is 28.7 Å². The molecule has 0 spiro atoms. The molecule has 18 heavy (non-hydrogen) atoms. The minimum atomic E-state index is -0.00116. The normalized spacial score (nSPS) is 10.2. The van der Waals surface area contributed by atoms with Crippen molar-refractivity contribution in [3.05, 3.63) is 12.1 Å². The van der Waals surface area contributed by atoms with Crippen molar-refractivity contribution in [2.24, 2.45) is 0 Å². The summed E-state index contributed by atoms with van der Waals surface area (Å²) in [5.74, 6) is 1.79. The molecule has 0 aliphatic rings. The van der Waals surface area contributed by atoms with Crippen LogP contribution in [0.1, 0.15) is 0 Å². The predicted octanol–water partition coefficient (Wildman–Crippen LogP) is 1.34. The Morgan fingerprint density at radius 3 is 2.00 bits per heavy atom. The molecule has 1 aromatic carbocycles. The fourth-order valence-electron chi connectivity index (χ4n) is 1.56. The number of methoxy groups -OCH3 is 3. The quantitative estimate of drug-likeness (QED) is 0.876. The van der Waals surface area contributed by atoms with Gasteiger partial charge >= 0.3 is 6.01 Å². The van der Waals surface area contributed by atoms with Crippen LogP contribution in [-0.2, 0) is 0 Å². The number of hydrogen-bond acceptors (Lipinski definition) is 7. The summed E-state index contributed by atoms with van der Waals surface area (Å²) in [6, 6.07) is 3.40. The zero-order chi connectivity index (χ0) is 13.1. The Bertz CT molecular complexity index is 528. The Kier molecular flexibility index (Phi) is 3.22. The lowest BCUT2D eigenvalue weighted by Gasteiger charge is -2.12. The van der Waals surface area contributed by atoms with Gasteiger partial charge in [0.15, 0.2) is 11.5 Å². The fraction of sp³-hybridized carbons (Fsp3) is 0.273. The molecule has 1 aromatic heterocycles. The van der Waals surface area contributed by atoms with E-state index in [2.05, 4.69) is 10.2 Å². The van der Waals surface area contributed by atoms with Gasteiger partial charge in [0.05, 0.1) is 21.3 Å². The van der Waals surface area contributed by atoms with Gasteiger partial charge in [-0.05, 0) is 12.1 Å². The number of anilines is 1. The molecule has 96 valence electrons. The molecule has 0 bridgehead atoms. The number of benzene rings is 1. The number of nitrogen functional groups attached to an aromatic ring is 1. The van der Waals surface area contributed by atoms with Crippen LogP contribution in [0.2, 0.25) is 0 Å². The monoisotopic (exact) mass is 251 g/mol. The highest BCUT2D eigenvalue weighted by Crippen LogP contribution is 2.40. The summed E-state index contributed by atoms with van der Waals surface area (Å²) in [4.78, 5) is 0. The zero-order valence-corrected chi connectivity index (χ0v) is 10.3. The summed E-state index contributed by atoms with van der Waals surface area (Å²) in [5.41, 5.74) is 6.02.